The molecule has 1 aliphatic rings. The Hall–Kier alpha value is -0.970. The van der Waals surface area contributed by atoms with Gasteiger partial charge in [0.2, 0.25) is 6.29 Å². The Kier molecular flexibility index (Phi) is 7.46. The van der Waals surface area contributed by atoms with Crippen LogP contribution >= 0.6 is 0 Å². The van der Waals surface area contributed by atoms with Crippen LogP contribution in [0.15, 0.2) is 0 Å². The molecule has 130 valence electrons. The zero-order valence-corrected chi connectivity index (χ0v) is 13.9. The number of carbonyl (C=O) groups is 1. The van der Waals surface area contributed by atoms with Gasteiger partial charge in [-0.1, -0.05) is 5.01 Å². The molecule has 3 N–H and O–H groups in total. The summed E-state index contributed by atoms with van der Waals surface area (Å²) in [5, 5.41) is 11.6. The first-order chi connectivity index (χ1) is 10.3. The minimum Gasteiger partial charge on any atom is -0.429 e. The average Bonchev–Trinajstić information content (AvgIpc) is 2.85. The Labute approximate surface area is 130 Å². The third-order valence-corrected chi connectivity index (χ3v) is 3.01. The predicted molar refractivity (Wildman–Crippen MR) is 75.8 cm³/mol. The van der Waals surface area contributed by atoms with E-state index in [2.05, 4.69) is 5.59 Å². The van der Waals surface area contributed by atoms with E-state index in [0.29, 0.717) is 5.28 Å². The quantitative estimate of drug-likeness (QED) is 0.329. The van der Waals surface area contributed by atoms with Crippen LogP contribution in [0.2, 0.25) is 0 Å². The van der Waals surface area contributed by atoms with E-state index >= 15 is 0 Å². The first-order valence-electron chi connectivity index (χ1n) is 7.36. The second-order valence-corrected chi connectivity index (χ2v) is 6.05. The minimum absolute atomic E-state index is 0.00636. The van der Waals surface area contributed by atoms with Gasteiger partial charge in [-0.05, 0) is 38.9 Å². The standard InChI is InChI=1S/C13H27N3O6/c1-10(20-12(18)21-13(2,3)4)22-14-16(19-5)15-8-6-7-11(15)9-17/h10-11,14,17H,6-9H2,1-5H3/p+1/t10?,11-/m0/s1. The molecule has 0 spiro atoms. The van der Waals surface area contributed by atoms with E-state index in [1.54, 1.807) is 27.7 Å². The molecular formula is C13H28N3O6+. The molecule has 1 heterocycles. The number of hydrogen-bond donors (Lipinski definition) is 3. The van der Waals surface area contributed by atoms with Crippen LogP contribution in [0.5, 0.6) is 0 Å². The van der Waals surface area contributed by atoms with Gasteiger partial charge in [-0.2, -0.15) is 4.84 Å². The van der Waals surface area contributed by atoms with Gasteiger partial charge >= 0.3 is 6.16 Å². The summed E-state index contributed by atoms with van der Waals surface area (Å²) in [7, 11) is 1.50. The van der Waals surface area contributed by atoms with E-state index in [1.165, 1.54) is 7.11 Å². The highest BCUT2D eigenvalue weighted by atomic mass is 16.9. The number of quaternary nitrogens is 1. The van der Waals surface area contributed by atoms with Crippen molar-refractivity contribution in [3.05, 3.63) is 0 Å². The molecule has 2 unspecified atom stereocenters. The van der Waals surface area contributed by atoms with Crippen LogP contribution in [0.4, 0.5) is 4.79 Å². The number of ether oxygens (including phenoxy) is 2. The smallest absolute Gasteiger partial charge is 0.429 e. The molecular weight excluding hydrogens is 294 g/mol. The van der Waals surface area contributed by atoms with Gasteiger partial charge in [0.05, 0.1) is 19.2 Å². The Bertz CT molecular complexity index is 349. The van der Waals surface area contributed by atoms with Crippen molar-refractivity contribution in [3.8, 4) is 0 Å². The molecule has 9 heteroatoms. The van der Waals surface area contributed by atoms with Gasteiger partial charge in [0, 0.05) is 12.5 Å². The Balaban J connectivity index is 2.38. The molecule has 22 heavy (non-hydrogen) atoms. The summed E-state index contributed by atoms with van der Waals surface area (Å²) < 4.78 is 9.98. The lowest BCUT2D eigenvalue weighted by molar-refractivity contribution is -1.23. The molecule has 1 aliphatic heterocycles. The molecule has 0 aromatic carbocycles. The molecule has 0 saturated carbocycles. The summed E-state index contributed by atoms with van der Waals surface area (Å²) in [4.78, 5) is 22.0. The van der Waals surface area contributed by atoms with Crippen LogP contribution < -0.4 is 10.9 Å². The number of rotatable bonds is 7. The van der Waals surface area contributed by atoms with Gasteiger partial charge in [-0.3, -0.25) is 0 Å². The van der Waals surface area contributed by atoms with Crippen molar-refractivity contribution in [2.45, 2.75) is 58.5 Å². The Morgan fingerprint density at radius 2 is 2.18 bits per heavy atom. The van der Waals surface area contributed by atoms with E-state index in [9.17, 15) is 9.90 Å². The molecule has 1 rings (SSSR count). The van der Waals surface area contributed by atoms with Crippen LogP contribution in [-0.2, 0) is 19.1 Å². The highest BCUT2D eigenvalue weighted by molar-refractivity contribution is 5.60. The zero-order valence-electron chi connectivity index (χ0n) is 13.9. The first kappa shape index (κ1) is 19.1. The maximum absolute atomic E-state index is 11.5. The van der Waals surface area contributed by atoms with Crippen molar-refractivity contribution >= 4 is 6.16 Å². The fourth-order valence-electron chi connectivity index (χ4n) is 2.08. The molecule has 3 atom stereocenters. The Morgan fingerprint density at radius 3 is 2.73 bits per heavy atom. The number of aliphatic hydroxyl groups excluding tert-OH is 1. The molecule has 0 aromatic heterocycles. The lowest BCUT2D eigenvalue weighted by Gasteiger charge is -2.27. The maximum Gasteiger partial charge on any atom is 0.511 e. The fourth-order valence-corrected chi connectivity index (χ4v) is 2.08. The summed E-state index contributed by atoms with van der Waals surface area (Å²) in [6, 6.07) is -0.00636. The molecule has 0 aliphatic carbocycles. The second kappa shape index (κ2) is 8.61. The van der Waals surface area contributed by atoms with Crippen molar-refractivity contribution in [1.82, 2.24) is 10.6 Å². The van der Waals surface area contributed by atoms with Crippen LogP contribution in [0.3, 0.4) is 0 Å². The molecule has 0 aromatic rings. The maximum atomic E-state index is 11.5. The number of aliphatic hydroxyl groups is 1. The third kappa shape index (κ3) is 6.42. The van der Waals surface area contributed by atoms with E-state index in [1.807, 2.05) is 5.01 Å². The molecule has 1 fully saturated rings. The van der Waals surface area contributed by atoms with Crippen LogP contribution in [-0.4, -0.2) is 54.5 Å². The summed E-state index contributed by atoms with van der Waals surface area (Å²) >= 11 is 0. The monoisotopic (exact) mass is 322 g/mol. The minimum atomic E-state index is -0.866. The van der Waals surface area contributed by atoms with Crippen molar-refractivity contribution in [3.63, 3.8) is 0 Å². The largest absolute Gasteiger partial charge is 0.511 e. The van der Waals surface area contributed by atoms with Gasteiger partial charge in [0.25, 0.3) is 0 Å². The number of nitrogens with one attached hydrogen (secondary N) is 2. The van der Waals surface area contributed by atoms with Crippen LogP contribution in [0.25, 0.3) is 0 Å². The Morgan fingerprint density at radius 1 is 1.50 bits per heavy atom. The van der Waals surface area contributed by atoms with Crippen molar-refractivity contribution in [1.29, 1.82) is 0 Å². The normalized spacial score (nSPS) is 22.4. The lowest BCUT2D eigenvalue weighted by Crippen LogP contribution is -3.23. The van der Waals surface area contributed by atoms with E-state index in [-0.39, 0.29) is 12.6 Å². The highest BCUT2D eigenvalue weighted by Crippen LogP contribution is 2.11. The van der Waals surface area contributed by atoms with Gasteiger partial charge < -0.3 is 14.6 Å². The molecule has 0 amide bonds. The van der Waals surface area contributed by atoms with Crippen LogP contribution in [0.1, 0.15) is 40.5 Å². The van der Waals surface area contributed by atoms with Crippen molar-refractivity contribution in [2.24, 2.45) is 0 Å². The van der Waals surface area contributed by atoms with Gasteiger partial charge in [0.15, 0.2) is 0 Å². The van der Waals surface area contributed by atoms with Gasteiger partial charge in [-0.25, -0.2) is 9.63 Å². The topological polar surface area (TPSA) is 93.9 Å². The average molecular weight is 322 g/mol. The summed E-state index contributed by atoms with van der Waals surface area (Å²) in [5.41, 5.74) is 1.99. The van der Waals surface area contributed by atoms with Gasteiger partial charge in [-0.15, -0.1) is 0 Å². The fraction of sp³-hybridized carbons (Fsp3) is 0.923. The van der Waals surface area contributed by atoms with Crippen LogP contribution in [0, 0.1) is 0 Å². The molecule has 0 bridgehead atoms. The lowest BCUT2D eigenvalue weighted by atomic mass is 10.2. The third-order valence-electron chi connectivity index (χ3n) is 3.01. The molecule has 1 saturated heterocycles. The number of nitrogens with zero attached hydrogens (tertiary/aromatic N) is 1. The van der Waals surface area contributed by atoms with Crippen molar-refractivity contribution in [2.75, 3.05) is 20.3 Å². The summed E-state index contributed by atoms with van der Waals surface area (Å²) in [5.74, 6) is 0. The highest BCUT2D eigenvalue weighted by Gasteiger charge is 2.34. The number of hydrogen-bond acceptors (Lipinski definition) is 8. The summed E-state index contributed by atoms with van der Waals surface area (Å²) in [6.07, 6.45) is 0.170. The number of carbonyl (C=O) groups excluding carboxylic acids is 1. The van der Waals surface area contributed by atoms with E-state index in [4.69, 9.17) is 19.1 Å². The first-order valence-corrected chi connectivity index (χ1v) is 7.36. The second-order valence-electron chi connectivity index (χ2n) is 6.05. The van der Waals surface area contributed by atoms with Crippen molar-refractivity contribution < 1.29 is 34.3 Å². The van der Waals surface area contributed by atoms with E-state index in [0.717, 1.165) is 19.4 Å². The molecule has 9 nitrogen and oxygen atoms in total. The zero-order chi connectivity index (χ0) is 16.8. The predicted octanol–water partition coefficient (Wildman–Crippen LogP) is -0.462. The SMILES string of the molecule is CO[NH+](NOC(C)OC(=O)OC(C)(C)C)N1CCC[C@H]1CO. The summed E-state index contributed by atoms with van der Waals surface area (Å²) in [6.45, 7) is 7.59. The van der Waals surface area contributed by atoms with Gasteiger partial charge in [0.1, 0.15) is 12.7 Å². The van der Waals surface area contributed by atoms with E-state index < -0.39 is 18.0 Å². The molecule has 0 radical (unpaired) electrons.